The number of hydrogen-bond acceptors (Lipinski definition) is 5. The van der Waals surface area contributed by atoms with Crippen LogP contribution in [0.15, 0.2) is 40.5 Å². The number of benzene rings is 1. The summed E-state index contributed by atoms with van der Waals surface area (Å²) in [5.74, 6) is -0.265. The van der Waals surface area contributed by atoms with Crippen LogP contribution in [-0.2, 0) is 0 Å². The number of carboxylic acid groups (broad SMARTS) is 1. The van der Waals surface area contributed by atoms with Gasteiger partial charge in [0.25, 0.3) is 0 Å². The molecule has 0 saturated carbocycles. The Kier molecular flexibility index (Phi) is 4.01. The first-order valence-electron chi connectivity index (χ1n) is 5.49. The van der Waals surface area contributed by atoms with Crippen LogP contribution in [0.3, 0.4) is 0 Å². The van der Waals surface area contributed by atoms with Crippen LogP contribution in [0.5, 0.6) is 5.75 Å². The van der Waals surface area contributed by atoms with E-state index in [2.05, 4.69) is 9.97 Å². The quantitative estimate of drug-likeness (QED) is 0.865. The fraction of sp³-hybridized carbons (Fsp3) is 0.154. The van der Waals surface area contributed by atoms with Crippen molar-refractivity contribution in [2.75, 3.05) is 7.11 Å². The first-order valence-corrected chi connectivity index (χ1v) is 6.30. The van der Waals surface area contributed by atoms with Crippen LogP contribution < -0.4 is 4.74 Å². The van der Waals surface area contributed by atoms with Crippen molar-refractivity contribution in [3.8, 4) is 5.75 Å². The third kappa shape index (κ3) is 3.23. The van der Waals surface area contributed by atoms with Crippen LogP contribution in [0.2, 0.25) is 0 Å². The van der Waals surface area contributed by atoms with Gasteiger partial charge < -0.3 is 9.84 Å². The average Bonchev–Trinajstić information content (AvgIpc) is 2.38. The molecule has 0 atom stereocenters. The van der Waals surface area contributed by atoms with E-state index >= 15 is 0 Å². The second kappa shape index (κ2) is 5.71. The minimum Gasteiger partial charge on any atom is -0.497 e. The van der Waals surface area contributed by atoms with Gasteiger partial charge in [0.05, 0.1) is 18.4 Å². The average molecular weight is 276 g/mol. The number of aromatic nitrogens is 2. The van der Waals surface area contributed by atoms with E-state index in [1.165, 1.54) is 18.0 Å². The van der Waals surface area contributed by atoms with E-state index in [1.807, 2.05) is 24.3 Å². The number of aromatic carboxylic acids is 1. The molecule has 1 aromatic carbocycles. The topological polar surface area (TPSA) is 72.3 Å². The van der Waals surface area contributed by atoms with Gasteiger partial charge in [-0.25, -0.2) is 14.8 Å². The summed E-state index contributed by atoms with van der Waals surface area (Å²) in [6.45, 7) is 1.65. The van der Waals surface area contributed by atoms with E-state index in [4.69, 9.17) is 9.84 Å². The first-order chi connectivity index (χ1) is 9.10. The summed E-state index contributed by atoms with van der Waals surface area (Å²) in [4.78, 5) is 20.0. The highest BCUT2D eigenvalue weighted by atomic mass is 32.2. The van der Waals surface area contributed by atoms with Gasteiger partial charge in [0.15, 0.2) is 5.16 Å². The number of methoxy groups -OCH3 is 1. The molecule has 0 unspecified atom stereocenters. The summed E-state index contributed by atoms with van der Waals surface area (Å²) < 4.78 is 5.13. The second-order valence-electron chi connectivity index (χ2n) is 3.74. The molecule has 0 bridgehead atoms. The van der Waals surface area contributed by atoms with Gasteiger partial charge in [0.2, 0.25) is 0 Å². The van der Waals surface area contributed by atoms with Crippen molar-refractivity contribution < 1.29 is 14.6 Å². The molecule has 0 amide bonds. The molecule has 0 fully saturated rings. The van der Waals surface area contributed by atoms with E-state index in [0.29, 0.717) is 10.9 Å². The van der Waals surface area contributed by atoms with E-state index in [-0.39, 0.29) is 5.56 Å². The van der Waals surface area contributed by atoms with Crippen LogP contribution >= 0.6 is 11.8 Å². The monoisotopic (exact) mass is 276 g/mol. The number of nitrogens with zero attached hydrogens (tertiary/aromatic N) is 2. The lowest BCUT2D eigenvalue weighted by atomic mass is 10.2. The van der Waals surface area contributed by atoms with Gasteiger partial charge in [-0.15, -0.1) is 0 Å². The number of rotatable bonds is 4. The minimum absolute atomic E-state index is 0.120. The molecule has 0 aliphatic rings. The Labute approximate surface area is 114 Å². The third-order valence-corrected chi connectivity index (χ3v) is 3.31. The van der Waals surface area contributed by atoms with Crippen molar-refractivity contribution in [1.29, 1.82) is 0 Å². The largest absolute Gasteiger partial charge is 0.497 e. The Morgan fingerprint density at radius 3 is 2.84 bits per heavy atom. The van der Waals surface area contributed by atoms with E-state index in [0.717, 1.165) is 10.6 Å². The molecule has 6 heteroatoms. The maximum Gasteiger partial charge on any atom is 0.339 e. The summed E-state index contributed by atoms with van der Waals surface area (Å²) in [5.41, 5.74) is 0.572. The maximum absolute atomic E-state index is 10.9. The molecule has 1 heterocycles. The fourth-order valence-corrected chi connectivity index (χ4v) is 2.30. The smallest absolute Gasteiger partial charge is 0.339 e. The molecule has 0 spiro atoms. The highest BCUT2D eigenvalue weighted by Gasteiger charge is 2.10. The lowest BCUT2D eigenvalue weighted by molar-refractivity contribution is 0.0695. The predicted molar refractivity (Wildman–Crippen MR) is 70.8 cm³/mol. The van der Waals surface area contributed by atoms with Gasteiger partial charge in [-0.2, -0.15) is 0 Å². The highest BCUT2D eigenvalue weighted by Crippen LogP contribution is 2.27. The van der Waals surface area contributed by atoms with Crippen molar-refractivity contribution in [3.05, 3.63) is 41.7 Å². The molecule has 19 heavy (non-hydrogen) atoms. The van der Waals surface area contributed by atoms with E-state index in [1.54, 1.807) is 14.0 Å². The lowest BCUT2D eigenvalue weighted by Crippen LogP contribution is -2.03. The molecule has 0 saturated heterocycles. The Hall–Kier alpha value is -2.08. The van der Waals surface area contributed by atoms with Gasteiger partial charge in [0, 0.05) is 11.1 Å². The predicted octanol–water partition coefficient (Wildman–Crippen LogP) is 2.64. The number of hydrogen-bond donors (Lipinski definition) is 1. The molecular weight excluding hydrogens is 264 g/mol. The zero-order valence-corrected chi connectivity index (χ0v) is 11.3. The van der Waals surface area contributed by atoms with Gasteiger partial charge in [-0.1, -0.05) is 6.07 Å². The molecule has 5 nitrogen and oxygen atoms in total. The zero-order chi connectivity index (χ0) is 13.8. The molecular formula is C13H12N2O3S. The van der Waals surface area contributed by atoms with Gasteiger partial charge in [-0.05, 0) is 36.9 Å². The van der Waals surface area contributed by atoms with Crippen molar-refractivity contribution in [2.24, 2.45) is 0 Å². The highest BCUT2D eigenvalue weighted by molar-refractivity contribution is 7.99. The van der Waals surface area contributed by atoms with Crippen molar-refractivity contribution in [2.45, 2.75) is 17.0 Å². The Bertz CT molecular complexity index is 617. The minimum atomic E-state index is -1.02. The number of carbonyl (C=O) groups is 1. The number of aryl methyl sites for hydroxylation is 1. The summed E-state index contributed by atoms with van der Waals surface area (Å²) in [5, 5.41) is 9.42. The van der Waals surface area contributed by atoms with Crippen LogP contribution in [0, 0.1) is 6.92 Å². The van der Waals surface area contributed by atoms with Crippen LogP contribution in [-0.4, -0.2) is 28.2 Å². The maximum atomic E-state index is 10.9. The van der Waals surface area contributed by atoms with Crippen LogP contribution in [0.4, 0.5) is 0 Å². The summed E-state index contributed by atoms with van der Waals surface area (Å²) in [6, 6.07) is 7.51. The fourth-order valence-electron chi connectivity index (χ4n) is 1.47. The van der Waals surface area contributed by atoms with Crippen molar-refractivity contribution >= 4 is 17.7 Å². The van der Waals surface area contributed by atoms with Crippen molar-refractivity contribution in [1.82, 2.24) is 9.97 Å². The molecule has 2 rings (SSSR count). The lowest BCUT2D eigenvalue weighted by Gasteiger charge is -2.05. The zero-order valence-electron chi connectivity index (χ0n) is 10.5. The normalized spacial score (nSPS) is 10.2. The van der Waals surface area contributed by atoms with E-state index in [9.17, 15) is 4.79 Å². The Morgan fingerprint density at radius 1 is 1.42 bits per heavy atom. The first kappa shape index (κ1) is 13.4. The molecule has 98 valence electrons. The summed E-state index contributed by atoms with van der Waals surface area (Å²) in [6.07, 6.45) is 1.33. The number of carboxylic acids is 1. The molecule has 0 aliphatic carbocycles. The molecule has 2 aromatic rings. The second-order valence-corrected chi connectivity index (χ2v) is 4.78. The summed E-state index contributed by atoms with van der Waals surface area (Å²) >= 11 is 1.36. The standard InChI is InChI=1S/C13H12N2O3S/c1-8-11(12(16)17)7-14-13(15-8)19-10-5-3-4-9(6-10)18-2/h3-7H,1-2H3,(H,16,17). The van der Waals surface area contributed by atoms with E-state index < -0.39 is 5.97 Å². The van der Waals surface area contributed by atoms with Gasteiger partial charge in [-0.3, -0.25) is 0 Å². The number of ether oxygens (including phenoxy) is 1. The molecule has 1 aromatic heterocycles. The summed E-state index contributed by atoms with van der Waals surface area (Å²) in [7, 11) is 1.60. The molecule has 0 radical (unpaired) electrons. The van der Waals surface area contributed by atoms with Gasteiger partial charge >= 0.3 is 5.97 Å². The SMILES string of the molecule is COc1cccc(Sc2ncc(C(=O)O)c(C)n2)c1. The third-order valence-electron chi connectivity index (χ3n) is 2.44. The molecule has 0 aliphatic heterocycles. The Morgan fingerprint density at radius 2 is 2.21 bits per heavy atom. The van der Waals surface area contributed by atoms with Crippen LogP contribution in [0.25, 0.3) is 0 Å². The van der Waals surface area contributed by atoms with Crippen LogP contribution in [0.1, 0.15) is 16.1 Å². The van der Waals surface area contributed by atoms with Crippen molar-refractivity contribution in [3.63, 3.8) is 0 Å². The molecule has 1 N–H and O–H groups in total. The van der Waals surface area contributed by atoms with Gasteiger partial charge in [0.1, 0.15) is 5.75 Å². The Balaban J connectivity index is 2.23.